The Kier molecular flexibility index (Phi) is 39.6. The summed E-state index contributed by atoms with van der Waals surface area (Å²) in [7, 11) is 0. The van der Waals surface area contributed by atoms with Crippen molar-refractivity contribution in [3.05, 3.63) is 0 Å². The molecule has 0 unspecified atom stereocenters. The average Bonchev–Trinajstić information content (AvgIpc) is 0.771. The van der Waals surface area contributed by atoms with E-state index in [2.05, 4.69) is 0 Å². The highest BCUT2D eigenvalue weighted by Gasteiger charge is 2.61. The zero-order valence-corrected chi connectivity index (χ0v) is 68.7. The third kappa shape index (κ3) is 26.7. The fourth-order valence-corrected chi connectivity index (χ4v) is 20.2. The molecule has 40 atom stereocenters. The topological polar surface area (TPSA) is 770 Å². The Balaban J connectivity index is 1.10. The second-order valence-corrected chi connectivity index (χ2v) is 36.5. The van der Waals surface area contributed by atoms with Crippen LogP contribution in [0.3, 0.4) is 0 Å². The van der Waals surface area contributed by atoms with Gasteiger partial charge >= 0.3 is 47.8 Å². The Morgan fingerprint density at radius 3 is 0.333 bits per heavy atom. The molecular weight excluding hydrogens is 1790 g/mol. The standard InChI is InChI=1S/C64H96O48S8/c65-25(66)9-113-1-17-49-33(81)41(89)57(97-17)106-50-18(2-114-10-26(67)68)99-59(43(91)35(50)83)108-52-20(4-116-12-28(71)72)101-61(45(93)37(52)85)110-54-22(6-118-14-30(75)76)103-63(47(95)39(54)87)112-56-24(8-120-16-32(79)80)104-64(48(96)40(56)88)111-55-23(7-119-15-31(77)78)102-62(46(94)38(55)86)109-53-21(5-117-13-29(73)74)100-60(44(92)36(53)84)107-51-19(3-115-11-27(69)70)98-58(105-49)42(90)34(51)82/h17-24,33-64,81-96H,1-16H2,(H,65,66)(H,67,68)(H,69,70)(H,71,72)(H,73,74)(H,75,76)(H,77,78)(H,79,80)/t17-,18-,19-,20-,21-,22-,23-,24-,33-,34-,35-,36-,37-,38-,39-,40-,41-,42-,43-,44-,45-,46-,47-,48-,49-,50-,51-,52-,53-,54-,55-,56-,57-,58-,59-,60-,61-,62-,63-,64-/m1/s1. The Hall–Kier alpha value is -2.72. The second-order valence-electron chi connectivity index (χ2n) is 28.3. The highest BCUT2D eigenvalue weighted by atomic mass is 32.2. The van der Waals surface area contributed by atoms with Crippen LogP contribution in [-0.4, -0.2) is 508 Å². The number of hydrogen-bond donors (Lipinski definition) is 24. The molecule has 0 amide bonds. The van der Waals surface area contributed by atoms with Gasteiger partial charge < -0.3 is 198 Å². The summed E-state index contributed by atoms with van der Waals surface area (Å²) in [6.07, 6.45) is -85.5. The van der Waals surface area contributed by atoms with Crippen molar-refractivity contribution in [2.75, 3.05) is 92.0 Å². The molecule has 0 spiro atoms. The van der Waals surface area contributed by atoms with Gasteiger partial charge in [0.05, 0.1) is 94.9 Å². The largest absolute Gasteiger partial charge is 0.481 e. The van der Waals surface area contributed by atoms with Crippen molar-refractivity contribution in [2.45, 2.75) is 246 Å². The maximum absolute atomic E-state index is 12.1. The number of carboxylic acids is 8. The molecule has 0 saturated carbocycles. The number of ether oxygens (including phenoxy) is 16. The number of rotatable bonds is 32. The maximum Gasteiger partial charge on any atom is 0.313 e. The minimum absolute atomic E-state index is 0.541. The normalized spacial score (nSPS) is 43.5. The van der Waals surface area contributed by atoms with Crippen molar-refractivity contribution in [1.82, 2.24) is 0 Å². The molecule has 0 aromatic heterocycles. The molecule has 30 saturated heterocycles. The van der Waals surface area contributed by atoms with Gasteiger partial charge in [0, 0.05) is 46.0 Å². The van der Waals surface area contributed by atoms with Gasteiger partial charge in [-0.15, -0.1) is 94.1 Å². The van der Waals surface area contributed by atoms with E-state index >= 15 is 0 Å². The lowest BCUT2D eigenvalue weighted by molar-refractivity contribution is -0.396. The molecule has 0 aliphatic carbocycles. The van der Waals surface area contributed by atoms with E-state index in [9.17, 15) is 161 Å². The predicted octanol–water partition coefficient (Wildman–Crippen LogP) is -10.8. The Morgan fingerprint density at radius 1 is 0.158 bits per heavy atom. The summed E-state index contributed by atoms with van der Waals surface area (Å²) in [5.74, 6) is -21.0. The summed E-state index contributed by atoms with van der Waals surface area (Å²) < 4.78 is 97.8. The lowest BCUT2D eigenvalue weighted by atomic mass is 9.95. The molecule has 16 bridgehead atoms. The van der Waals surface area contributed by atoms with E-state index in [0.29, 0.717) is 94.1 Å². The average molecular weight is 1890 g/mol. The van der Waals surface area contributed by atoms with Gasteiger partial charge in [0.2, 0.25) is 0 Å². The highest BCUT2D eigenvalue weighted by molar-refractivity contribution is 8.01. The molecule has 688 valence electrons. The quantitative estimate of drug-likeness (QED) is 0.0297. The first-order valence-corrected chi connectivity index (χ1v) is 45.7. The highest BCUT2D eigenvalue weighted by Crippen LogP contribution is 2.43. The summed E-state index contributed by atoms with van der Waals surface area (Å²) >= 11 is 4.86. The molecule has 0 aromatic carbocycles. The number of carbonyl (C=O) groups is 8. The Morgan fingerprint density at radius 2 is 0.250 bits per heavy atom. The fraction of sp³-hybridized carbons (Fsp3) is 0.875. The van der Waals surface area contributed by atoms with E-state index in [1.807, 2.05) is 0 Å². The molecule has 0 radical (unpaired) electrons. The summed E-state index contributed by atoms with van der Waals surface area (Å²) in [6.45, 7) is 0. The fourth-order valence-electron chi connectivity index (χ4n) is 13.9. The smallest absolute Gasteiger partial charge is 0.313 e. The number of aliphatic hydroxyl groups excluding tert-OH is 16. The van der Waals surface area contributed by atoms with Crippen LogP contribution in [-0.2, 0) is 114 Å². The summed E-state index contributed by atoms with van der Waals surface area (Å²) in [5.41, 5.74) is 0. The Bertz CT molecular complexity index is 2700. The van der Waals surface area contributed by atoms with E-state index in [1.54, 1.807) is 0 Å². The van der Waals surface area contributed by atoms with Crippen molar-refractivity contribution < 1.29 is 237 Å². The number of carboxylic acid groups (broad SMARTS) is 8. The van der Waals surface area contributed by atoms with E-state index < -0.39 is 385 Å². The van der Waals surface area contributed by atoms with Crippen LogP contribution >= 0.6 is 94.1 Å². The number of aliphatic carboxylic acids is 8. The number of aliphatic hydroxyl groups is 16. The SMILES string of the molecule is O=C(O)CSC[C@H]1O[C@@H]2O[C@H]3[C@H](O)[C@@H](O)[C@@H](O[C@H]4[C@H](O)[C@@H](O)[C@@H](O[C@H]5[C@H](O)[C@@H](O)[C@@H](O[C@H]6[C@H](O)[C@@H](O)[C@@H](O[C@H]7[C@H](O)[C@@H](O)[C@@H](O[C@H]8[C@H](O)[C@@H](O)[C@@H](O[C@H]9[C@H](O)[C@@H](O)[C@@H](O[C@H]1[C@H](O)[C@H]2O)O[C@@H]9CSCC(=O)O)O[C@@H]8CSCC(=O)O)O[C@@H]7CSCC(=O)O)O[C@@H]6CSCC(=O)O)O[C@@H]5CSCC(=O)O)O[C@@H]4CSCC(=O)O)O[C@@H]3CSCC(=O)O. The third-order valence-electron chi connectivity index (χ3n) is 19.5. The van der Waals surface area contributed by atoms with Crippen LogP contribution in [0.15, 0.2) is 0 Å². The van der Waals surface area contributed by atoms with Crippen LogP contribution < -0.4 is 0 Å². The van der Waals surface area contributed by atoms with Crippen LogP contribution in [0.5, 0.6) is 0 Å². The molecule has 30 aliphatic heterocycles. The molecule has 30 rings (SSSR count). The van der Waals surface area contributed by atoms with Crippen LogP contribution in [0, 0.1) is 0 Å². The van der Waals surface area contributed by atoms with Crippen molar-refractivity contribution >= 4 is 142 Å². The van der Waals surface area contributed by atoms with Gasteiger partial charge in [0.1, 0.15) is 146 Å². The van der Waals surface area contributed by atoms with Gasteiger partial charge in [-0.3, -0.25) is 38.4 Å². The Labute approximate surface area is 712 Å². The zero-order chi connectivity index (χ0) is 88.0. The summed E-state index contributed by atoms with van der Waals surface area (Å²) in [4.78, 5) is 95.3. The first-order chi connectivity index (χ1) is 56.7. The van der Waals surface area contributed by atoms with Crippen molar-refractivity contribution in [2.24, 2.45) is 0 Å². The second kappa shape index (κ2) is 47.0. The minimum atomic E-state index is -2.39. The van der Waals surface area contributed by atoms with Gasteiger partial charge in [0.25, 0.3) is 0 Å². The molecule has 30 aliphatic rings. The molecule has 30 fully saturated rings. The van der Waals surface area contributed by atoms with Gasteiger partial charge in [-0.05, 0) is 0 Å². The van der Waals surface area contributed by atoms with E-state index in [1.165, 1.54) is 0 Å². The minimum Gasteiger partial charge on any atom is -0.481 e. The van der Waals surface area contributed by atoms with Gasteiger partial charge in [-0.2, -0.15) is 0 Å². The maximum atomic E-state index is 12.1. The van der Waals surface area contributed by atoms with E-state index in [0.717, 1.165) is 0 Å². The van der Waals surface area contributed by atoms with Gasteiger partial charge in [-0.1, -0.05) is 0 Å². The van der Waals surface area contributed by atoms with Crippen LogP contribution in [0.2, 0.25) is 0 Å². The molecule has 56 heteroatoms. The van der Waals surface area contributed by atoms with Crippen LogP contribution in [0.1, 0.15) is 0 Å². The van der Waals surface area contributed by atoms with Gasteiger partial charge in [-0.25, -0.2) is 0 Å². The van der Waals surface area contributed by atoms with E-state index in [-0.39, 0.29) is 0 Å². The monoisotopic (exact) mass is 1890 g/mol. The van der Waals surface area contributed by atoms with Crippen molar-refractivity contribution in [3.63, 3.8) is 0 Å². The molecule has 0 aromatic rings. The zero-order valence-electron chi connectivity index (χ0n) is 62.2. The summed E-state index contributed by atoms with van der Waals surface area (Å²) in [5, 5.41) is 270. The van der Waals surface area contributed by atoms with Crippen molar-refractivity contribution in [1.29, 1.82) is 0 Å². The predicted molar refractivity (Wildman–Crippen MR) is 404 cm³/mol. The summed E-state index contributed by atoms with van der Waals surface area (Å²) in [6, 6.07) is 0. The third-order valence-corrected chi connectivity index (χ3v) is 27.6. The molecule has 120 heavy (non-hydrogen) atoms. The van der Waals surface area contributed by atoms with E-state index in [4.69, 9.17) is 75.8 Å². The van der Waals surface area contributed by atoms with Crippen LogP contribution in [0.4, 0.5) is 0 Å². The first-order valence-electron chi connectivity index (χ1n) is 36.5. The van der Waals surface area contributed by atoms with Gasteiger partial charge in [0.15, 0.2) is 50.3 Å². The number of thioether (sulfide) groups is 8. The molecule has 48 nitrogen and oxygen atoms in total. The molecular formula is C64H96O48S8. The molecule has 24 N–H and O–H groups in total. The van der Waals surface area contributed by atoms with Crippen LogP contribution in [0.25, 0.3) is 0 Å². The van der Waals surface area contributed by atoms with Crippen molar-refractivity contribution in [3.8, 4) is 0 Å². The molecule has 30 heterocycles. The number of hydrogen-bond acceptors (Lipinski definition) is 48. The first kappa shape index (κ1) is 101. The lowest BCUT2D eigenvalue weighted by Gasteiger charge is -2.51. The lowest BCUT2D eigenvalue weighted by Crippen LogP contribution is -2.69.